The van der Waals surface area contributed by atoms with Gasteiger partial charge in [-0.1, -0.05) is 24.6 Å². The maximum Gasteiger partial charge on any atom is 0.0801 e. The van der Waals surface area contributed by atoms with Crippen molar-refractivity contribution in [3.8, 4) is 0 Å². The molecule has 2 aromatic heterocycles. The molecule has 0 spiro atoms. The Hall–Kier alpha value is -1.71. The molecule has 0 fully saturated rings. The second kappa shape index (κ2) is 4.68. The first-order valence-electron chi connectivity index (χ1n) is 4.97. The highest BCUT2D eigenvalue weighted by Gasteiger charge is 2.12. The number of rotatable bonds is 4. The Bertz CT molecular complexity index is 382. The topological polar surface area (TPSA) is 43.6 Å². The van der Waals surface area contributed by atoms with E-state index >= 15 is 0 Å². The van der Waals surface area contributed by atoms with E-state index in [9.17, 15) is 0 Å². The van der Waals surface area contributed by atoms with Crippen LogP contribution in [0.5, 0.6) is 0 Å². The zero-order chi connectivity index (χ0) is 10.5. The Morgan fingerprint density at radius 3 is 2.93 bits per heavy atom. The summed E-state index contributed by atoms with van der Waals surface area (Å²) < 4.78 is 1.85. The van der Waals surface area contributed by atoms with Gasteiger partial charge in [0.2, 0.25) is 0 Å². The van der Waals surface area contributed by atoms with Crippen LogP contribution in [-0.2, 0) is 0 Å². The lowest BCUT2D eigenvalue weighted by Crippen LogP contribution is -2.11. The van der Waals surface area contributed by atoms with Crippen molar-refractivity contribution >= 4 is 0 Å². The number of aromatic nitrogens is 4. The summed E-state index contributed by atoms with van der Waals surface area (Å²) in [5, 5.41) is 7.85. The van der Waals surface area contributed by atoms with Gasteiger partial charge in [0, 0.05) is 18.6 Å². The third-order valence-electron chi connectivity index (χ3n) is 2.31. The lowest BCUT2D eigenvalue weighted by atomic mass is 10.0. The van der Waals surface area contributed by atoms with Crippen LogP contribution in [0.4, 0.5) is 0 Å². The summed E-state index contributed by atoms with van der Waals surface area (Å²) in [5.74, 6) is 0. The smallest absolute Gasteiger partial charge is 0.0801 e. The van der Waals surface area contributed by atoms with Crippen molar-refractivity contribution in [3.63, 3.8) is 0 Å². The molecule has 4 heteroatoms. The number of nitrogens with zero attached hydrogens (tertiary/aromatic N) is 4. The Morgan fingerprint density at radius 1 is 1.40 bits per heavy atom. The molecular formula is C11H13N4. The van der Waals surface area contributed by atoms with Crippen LogP contribution in [0.3, 0.4) is 0 Å². The van der Waals surface area contributed by atoms with Crippen LogP contribution < -0.4 is 0 Å². The minimum atomic E-state index is 0.193. The van der Waals surface area contributed by atoms with Gasteiger partial charge in [-0.2, -0.15) is 0 Å². The molecule has 0 aliphatic rings. The summed E-state index contributed by atoms with van der Waals surface area (Å²) in [6.07, 6.45) is 8.99. The second-order valence-electron chi connectivity index (χ2n) is 3.33. The van der Waals surface area contributed by atoms with E-state index in [1.165, 1.54) is 0 Å². The summed E-state index contributed by atoms with van der Waals surface area (Å²) in [4.78, 5) is 4.12. The zero-order valence-corrected chi connectivity index (χ0v) is 8.45. The minimum absolute atomic E-state index is 0.193. The Morgan fingerprint density at radius 2 is 2.33 bits per heavy atom. The van der Waals surface area contributed by atoms with Crippen LogP contribution in [0, 0.1) is 6.92 Å². The quantitative estimate of drug-likeness (QED) is 0.758. The van der Waals surface area contributed by atoms with Crippen molar-refractivity contribution in [2.24, 2.45) is 0 Å². The molecule has 1 unspecified atom stereocenters. The van der Waals surface area contributed by atoms with Gasteiger partial charge >= 0.3 is 0 Å². The molecule has 15 heavy (non-hydrogen) atoms. The first-order chi connectivity index (χ1) is 7.42. The minimum Gasteiger partial charge on any atom is -0.264 e. The number of pyridine rings is 1. The molecule has 0 N–H and O–H groups in total. The summed E-state index contributed by atoms with van der Waals surface area (Å²) in [6.45, 7) is 3.88. The summed E-state index contributed by atoms with van der Waals surface area (Å²) in [7, 11) is 0. The average Bonchev–Trinajstić information content (AvgIpc) is 2.80. The Labute approximate surface area is 89.0 Å². The van der Waals surface area contributed by atoms with Crippen LogP contribution in [0.25, 0.3) is 0 Å². The molecule has 0 aliphatic heterocycles. The van der Waals surface area contributed by atoms with E-state index in [4.69, 9.17) is 0 Å². The van der Waals surface area contributed by atoms with Gasteiger partial charge in [-0.05, 0) is 18.1 Å². The molecule has 0 saturated carbocycles. The SMILES string of the molecule is [CH2]CCC(c1cccnc1)n1ccnn1. The van der Waals surface area contributed by atoms with E-state index in [1.807, 2.05) is 23.1 Å². The number of hydrogen-bond donors (Lipinski definition) is 0. The molecule has 0 saturated heterocycles. The summed E-state index contributed by atoms with van der Waals surface area (Å²) in [5.41, 5.74) is 1.15. The van der Waals surface area contributed by atoms with E-state index in [0.29, 0.717) is 0 Å². The van der Waals surface area contributed by atoms with Crippen molar-refractivity contribution < 1.29 is 0 Å². The van der Waals surface area contributed by atoms with Crippen molar-refractivity contribution in [2.45, 2.75) is 18.9 Å². The maximum absolute atomic E-state index is 4.12. The fourth-order valence-electron chi connectivity index (χ4n) is 1.60. The van der Waals surface area contributed by atoms with Gasteiger partial charge in [0.05, 0.1) is 12.2 Å². The fraction of sp³-hybridized carbons (Fsp3) is 0.273. The van der Waals surface area contributed by atoms with Gasteiger partial charge in [0.25, 0.3) is 0 Å². The monoisotopic (exact) mass is 201 g/mol. The molecule has 0 aliphatic carbocycles. The summed E-state index contributed by atoms with van der Waals surface area (Å²) in [6, 6.07) is 4.18. The molecule has 0 amide bonds. The van der Waals surface area contributed by atoms with E-state index in [-0.39, 0.29) is 6.04 Å². The lowest BCUT2D eigenvalue weighted by Gasteiger charge is -2.15. The van der Waals surface area contributed by atoms with Gasteiger partial charge in [0.1, 0.15) is 0 Å². The van der Waals surface area contributed by atoms with E-state index in [1.54, 1.807) is 12.4 Å². The van der Waals surface area contributed by atoms with E-state index in [0.717, 1.165) is 18.4 Å². The molecule has 0 bridgehead atoms. The zero-order valence-electron chi connectivity index (χ0n) is 8.45. The van der Waals surface area contributed by atoms with Crippen LogP contribution in [-0.4, -0.2) is 20.0 Å². The van der Waals surface area contributed by atoms with E-state index in [2.05, 4.69) is 28.3 Å². The van der Waals surface area contributed by atoms with Crippen LogP contribution in [0.2, 0.25) is 0 Å². The standard InChI is InChI=1S/C11H13N4/c1-2-4-11(15-8-7-13-14-15)10-5-3-6-12-9-10/h3,5-9,11H,1-2,4H2. The Balaban J connectivity index is 2.28. The molecule has 2 aromatic rings. The average molecular weight is 201 g/mol. The summed E-state index contributed by atoms with van der Waals surface area (Å²) >= 11 is 0. The highest BCUT2D eigenvalue weighted by atomic mass is 15.4. The van der Waals surface area contributed by atoms with Crippen LogP contribution in [0.1, 0.15) is 24.4 Å². The van der Waals surface area contributed by atoms with Crippen molar-refractivity contribution in [2.75, 3.05) is 0 Å². The van der Waals surface area contributed by atoms with Gasteiger partial charge in [-0.3, -0.25) is 4.98 Å². The third kappa shape index (κ3) is 2.21. The molecule has 2 heterocycles. The van der Waals surface area contributed by atoms with Gasteiger partial charge in [-0.25, -0.2) is 4.68 Å². The largest absolute Gasteiger partial charge is 0.264 e. The van der Waals surface area contributed by atoms with Crippen LogP contribution in [0.15, 0.2) is 36.9 Å². The first kappa shape index (κ1) is 9.83. The molecule has 2 rings (SSSR count). The fourth-order valence-corrected chi connectivity index (χ4v) is 1.60. The highest BCUT2D eigenvalue weighted by molar-refractivity contribution is 5.14. The maximum atomic E-state index is 4.12. The van der Waals surface area contributed by atoms with Crippen molar-refractivity contribution in [1.82, 2.24) is 20.0 Å². The molecule has 4 nitrogen and oxygen atoms in total. The van der Waals surface area contributed by atoms with Gasteiger partial charge in [-0.15, -0.1) is 5.10 Å². The molecule has 1 radical (unpaired) electrons. The molecular weight excluding hydrogens is 188 g/mol. The lowest BCUT2D eigenvalue weighted by molar-refractivity contribution is 0.477. The second-order valence-corrected chi connectivity index (χ2v) is 3.33. The van der Waals surface area contributed by atoms with Crippen molar-refractivity contribution in [1.29, 1.82) is 0 Å². The predicted molar refractivity (Wildman–Crippen MR) is 57.0 cm³/mol. The van der Waals surface area contributed by atoms with Crippen molar-refractivity contribution in [3.05, 3.63) is 49.4 Å². The van der Waals surface area contributed by atoms with Crippen LogP contribution >= 0.6 is 0 Å². The normalized spacial score (nSPS) is 12.6. The predicted octanol–water partition coefficient (Wildman–Crippen LogP) is 1.88. The van der Waals surface area contributed by atoms with Gasteiger partial charge in [0.15, 0.2) is 0 Å². The molecule has 77 valence electrons. The van der Waals surface area contributed by atoms with Gasteiger partial charge < -0.3 is 0 Å². The number of hydrogen-bond acceptors (Lipinski definition) is 3. The van der Waals surface area contributed by atoms with E-state index < -0.39 is 0 Å². The third-order valence-corrected chi connectivity index (χ3v) is 2.31. The Kier molecular flexibility index (Phi) is 3.07. The molecule has 0 aromatic carbocycles. The first-order valence-corrected chi connectivity index (χ1v) is 4.97. The molecule has 1 atom stereocenters. The highest BCUT2D eigenvalue weighted by Crippen LogP contribution is 2.20.